The van der Waals surface area contributed by atoms with Gasteiger partial charge in [0, 0.05) is 34.1 Å². The van der Waals surface area contributed by atoms with Crippen LogP contribution in [0, 0.1) is 0 Å². The van der Waals surface area contributed by atoms with E-state index in [1.54, 1.807) is 0 Å². The van der Waals surface area contributed by atoms with Crippen LogP contribution in [0.5, 0.6) is 0 Å². The van der Waals surface area contributed by atoms with E-state index in [1.807, 2.05) is 0 Å². The summed E-state index contributed by atoms with van der Waals surface area (Å²) in [5.74, 6) is 0. The molecule has 0 unspecified atom stereocenters. The van der Waals surface area contributed by atoms with Crippen LogP contribution in [0.25, 0.3) is 0 Å². The number of rotatable bonds is 0. The van der Waals surface area contributed by atoms with Crippen LogP contribution in [0.15, 0.2) is 0 Å². The van der Waals surface area contributed by atoms with E-state index in [9.17, 15) is 0 Å². The molecule has 0 saturated heterocycles. The average molecular weight is 182 g/mol. The van der Waals surface area contributed by atoms with Crippen molar-refractivity contribution in [1.29, 1.82) is 0 Å². The summed E-state index contributed by atoms with van der Waals surface area (Å²) >= 11 is 0. The Hall–Kier alpha value is 1.10. The molecule has 0 fully saturated rings. The second-order valence-electron chi connectivity index (χ2n) is 0.600. The van der Waals surface area contributed by atoms with Crippen molar-refractivity contribution in [3.8, 4) is 0 Å². The van der Waals surface area contributed by atoms with Gasteiger partial charge in [-0.15, -0.1) is 0 Å². The summed E-state index contributed by atoms with van der Waals surface area (Å²) in [6.45, 7) is 0. The Kier molecular flexibility index (Phi) is 11.7. The van der Waals surface area contributed by atoms with Crippen LogP contribution < -0.4 is 0 Å². The molecule has 7 heavy (non-hydrogen) atoms. The molecule has 0 aromatic heterocycles. The maximum Gasteiger partial charge on any atom is 0.668 e. The Morgan fingerprint density at radius 1 is 0.857 bits per heavy atom. The maximum absolute atomic E-state index is 7.33. The van der Waals surface area contributed by atoms with E-state index in [4.69, 9.17) is 19.2 Å². The molecule has 0 atom stereocenters. The molecular formula is H4AlCoO4Si. The molecule has 4 nitrogen and oxygen atoms in total. The second kappa shape index (κ2) is 5.24. The van der Waals surface area contributed by atoms with Gasteiger partial charge in [0.1, 0.15) is 0 Å². The van der Waals surface area contributed by atoms with Crippen molar-refractivity contribution < 1.29 is 36.0 Å². The van der Waals surface area contributed by atoms with Gasteiger partial charge in [-0.1, -0.05) is 0 Å². The van der Waals surface area contributed by atoms with E-state index >= 15 is 0 Å². The van der Waals surface area contributed by atoms with Crippen LogP contribution in [0.4, 0.5) is 0 Å². The standard InChI is InChI=1S/Al.Co.H4O4Si/c;;1-5(2,3)4/h;;1-4H. The monoisotopic (exact) mass is 182 g/mol. The zero-order chi connectivity index (χ0) is 4.50. The van der Waals surface area contributed by atoms with Gasteiger partial charge in [-0.2, -0.15) is 0 Å². The van der Waals surface area contributed by atoms with Gasteiger partial charge >= 0.3 is 9.05 Å². The second-order valence-corrected chi connectivity index (χ2v) is 1.80. The summed E-state index contributed by atoms with van der Waals surface area (Å²) in [7, 11) is -4.61. The van der Waals surface area contributed by atoms with Gasteiger partial charge < -0.3 is 19.2 Å². The molecule has 0 aliphatic rings. The van der Waals surface area contributed by atoms with Crippen LogP contribution in [-0.4, -0.2) is 45.6 Å². The first kappa shape index (κ1) is 15.7. The molecule has 7 heteroatoms. The van der Waals surface area contributed by atoms with Crippen molar-refractivity contribution in [3.05, 3.63) is 0 Å². The van der Waals surface area contributed by atoms with Crippen molar-refractivity contribution in [2.75, 3.05) is 0 Å². The SMILES string of the molecule is O[Si](O)(O)O.[Al].[Co]. The Balaban J connectivity index is -0.0000000800. The third-order valence-corrected chi connectivity index (χ3v) is 0. The topological polar surface area (TPSA) is 80.9 Å². The maximum atomic E-state index is 7.33. The van der Waals surface area contributed by atoms with Gasteiger partial charge in [0.25, 0.3) is 0 Å². The minimum Gasteiger partial charge on any atom is -0.368 e. The fourth-order valence-corrected chi connectivity index (χ4v) is 0. The van der Waals surface area contributed by atoms with Gasteiger partial charge in [-0.25, -0.2) is 0 Å². The molecule has 0 aromatic carbocycles. The third kappa shape index (κ3) is 153. The molecule has 0 aliphatic heterocycles. The third-order valence-electron chi connectivity index (χ3n) is 0. The molecule has 0 bridgehead atoms. The Morgan fingerprint density at radius 2 is 0.857 bits per heavy atom. The van der Waals surface area contributed by atoms with Crippen molar-refractivity contribution in [1.82, 2.24) is 0 Å². The quantitative estimate of drug-likeness (QED) is 0.301. The molecule has 0 heterocycles. The van der Waals surface area contributed by atoms with E-state index in [1.165, 1.54) is 0 Å². The zero-order valence-corrected chi connectivity index (χ0v) is 6.40. The Labute approximate surface area is 62.6 Å². The van der Waals surface area contributed by atoms with Crippen molar-refractivity contribution in [2.45, 2.75) is 0 Å². The zero-order valence-electron chi connectivity index (χ0n) is 3.20. The summed E-state index contributed by atoms with van der Waals surface area (Å²) in [6, 6.07) is 0. The molecule has 0 rings (SSSR count). The van der Waals surface area contributed by atoms with Crippen LogP contribution in [0.1, 0.15) is 0 Å². The van der Waals surface area contributed by atoms with E-state index < -0.39 is 9.05 Å². The molecule has 4 radical (unpaired) electrons. The summed E-state index contributed by atoms with van der Waals surface area (Å²) in [5, 5.41) is 0. The van der Waals surface area contributed by atoms with E-state index in [0.717, 1.165) is 0 Å². The summed E-state index contributed by atoms with van der Waals surface area (Å²) in [6.07, 6.45) is 0. The summed E-state index contributed by atoms with van der Waals surface area (Å²) in [4.78, 5) is 29.3. The first-order valence-corrected chi connectivity index (χ1v) is 2.68. The fourth-order valence-electron chi connectivity index (χ4n) is 0. The van der Waals surface area contributed by atoms with Crippen LogP contribution in [0.2, 0.25) is 0 Å². The number of hydrogen-bond acceptors (Lipinski definition) is 4. The normalized spacial score (nSPS) is 8.57. The Bertz CT molecular complexity index is 27.2. The number of hydrogen-bond donors (Lipinski definition) is 4. The molecule has 0 amide bonds. The molecule has 4 N–H and O–H groups in total. The Morgan fingerprint density at radius 3 is 0.857 bits per heavy atom. The van der Waals surface area contributed by atoms with Crippen LogP contribution >= 0.6 is 0 Å². The minimum atomic E-state index is -4.61. The van der Waals surface area contributed by atoms with E-state index in [-0.39, 0.29) is 34.1 Å². The predicted molar refractivity (Wildman–Crippen MR) is 20.4 cm³/mol. The van der Waals surface area contributed by atoms with Crippen LogP contribution in [0.3, 0.4) is 0 Å². The molecule has 0 saturated carbocycles. The largest absolute Gasteiger partial charge is 0.668 e. The molecule has 0 spiro atoms. The minimum absolute atomic E-state index is 0. The van der Waals surface area contributed by atoms with Gasteiger partial charge in [0.05, 0.1) is 0 Å². The summed E-state index contributed by atoms with van der Waals surface area (Å²) in [5.41, 5.74) is 0. The molecule has 44 valence electrons. The van der Waals surface area contributed by atoms with Gasteiger partial charge in [-0.3, -0.25) is 0 Å². The van der Waals surface area contributed by atoms with Gasteiger partial charge in [-0.05, 0) is 0 Å². The molecular weight excluding hydrogens is 178 g/mol. The van der Waals surface area contributed by atoms with Crippen LogP contribution in [-0.2, 0) is 16.8 Å². The van der Waals surface area contributed by atoms with Crippen molar-refractivity contribution >= 4 is 26.4 Å². The molecule has 0 aromatic rings. The van der Waals surface area contributed by atoms with E-state index in [2.05, 4.69) is 0 Å². The fraction of sp³-hybridized carbons (Fsp3) is 0. The van der Waals surface area contributed by atoms with Crippen molar-refractivity contribution in [2.24, 2.45) is 0 Å². The molecule has 0 aliphatic carbocycles. The first-order valence-electron chi connectivity index (χ1n) is 0.894. The van der Waals surface area contributed by atoms with Gasteiger partial charge in [0.2, 0.25) is 0 Å². The van der Waals surface area contributed by atoms with Crippen molar-refractivity contribution in [3.63, 3.8) is 0 Å². The average Bonchev–Trinajstić information content (AvgIpc) is 0.722. The van der Waals surface area contributed by atoms with Gasteiger partial charge in [0.15, 0.2) is 0 Å². The first-order chi connectivity index (χ1) is 2.00. The summed E-state index contributed by atoms with van der Waals surface area (Å²) < 4.78 is 0. The van der Waals surface area contributed by atoms with E-state index in [0.29, 0.717) is 0 Å². The smallest absolute Gasteiger partial charge is 0.368 e. The predicted octanol–water partition coefficient (Wildman–Crippen LogP) is -2.99.